The van der Waals surface area contributed by atoms with Crippen molar-refractivity contribution in [2.75, 3.05) is 13.3 Å². The van der Waals surface area contributed by atoms with Crippen LogP contribution in [0.3, 0.4) is 0 Å². The minimum atomic E-state index is -1.58. The smallest absolute Gasteiger partial charge is 0.106 e. The Hall–Kier alpha value is -1.43. The molecular formula is C19H26OSi2. The highest BCUT2D eigenvalue weighted by molar-refractivity contribution is 6.95. The fourth-order valence-electron chi connectivity index (χ4n) is 2.93. The number of rotatable bonds is 8. The molecule has 0 bridgehead atoms. The van der Waals surface area contributed by atoms with Crippen molar-refractivity contribution in [1.29, 1.82) is 0 Å². The third kappa shape index (κ3) is 4.29. The molecule has 0 heterocycles. The molecule has 0 spiro atoms. The van der Waals surface area contributed by atoms with E-state index < -0.39 is 16.9 Å². The number of benzene rings is 2. The Balaban J connectivity index is 2.12. The summed E-state index contributed by atoms with van der Waals surface area (Å²) in [6, 6.07) is 24.4. The number of hydrogen-bond donors (Lipinski definition) is 0. The first-order valence-electron chi connectivity index (χ1n) is 7.92. The molecule has 2 atom stereocenters. The van der Waals surface area contributed by atoms with Gasteiger partial charge in [-0.3, -0.25) is 0 Å². The Kier molecular flexibility index (Phi) is 6.37. The minimum Gasteiger partial charge on any atom is -0.388 e. The summed E-state index contributed by atoms with van der Waals surface area (Å²) in [7, 11) is -0.822. The quantitative estimate of drug-likeness (QED) is 0.678. The molecule has 2 aromatic carbocycles. The zero-order valence-electron chi connectivity index (χ0n) is 13.7. The average Bonchev–Trinajstić information content (AvgIpc) is 2.60. The largest absolute Gasteiger partial charge is 0.388 e. The van der Waals surface area contributed by atoms with Gasteiger partial charge in [-0.25, -0.2) is 0 Å². The van der Waals surface area contributed by atoms with E-state index in [9.17, 15) is 0 Å². The van der Waals surface area contributed by atoms with Crippen molar-refractivity contribution in [3.63, 3.8) is 0 Å². The Morgan fingerprint density at radius 2 is 1.64 bits per heavy atom. The molecule has 0 radical (unpaired) electrons. The van der Waals surface area contributed by atoms with Gasteiger partial charge < -0.3 is 4.74 Å². The molecule has 0 aliphatic carbocycles. The molecule has 0 aliphatic rings. The third-order valence-corrected chi connectivity index (χ3v) is 12.0. The summed E-state index contributed by atoms with van der Waals surface area (Å²) in [5, 5.41) is 3.00. The van der Waals surface area contributed by atoms with Crippen molar-refractivity contribution in [3.05, 3.63) is 72.9 Å². The predicted octanol–water partition coefficient (Wildman–Crippen LogP) is 3.02. The van der Waals surface area contributed by atoms with Crippen LogP contribution in [0.1, 0.15) is 0 Å². The van der Waals surface area contributed by atoms with Gasteiger partial charge >= 0.3 is 0 Å². The first-order valence-corrected chi connectivity index (χ1v) is 12.9. The van der Waals surface area contributed by atoms with Gasteiger partial charge in [0.2, 0.25) is 0 Å². The van der Waals surface area contributed by atoms with E-state index in [1.165, 1.54) is 22.5 Å². The maximum atomic E-state index is 5.51. The number of methoxy groups -OCH3 is 1. The first kappa shape index (κ1) is 16.9. The zero-order chi connectivity index (χ0) is 15.8. The molecule has 0 fully saturated rings. The van der Waals surface area contributed by atoms with Crippen LogP contribution in [0.2, 0.25) is 18.6 Å². The average molecular weight is 327 g/mol. The standard InChI is InChI=1S/C19H26OSi2/c1-4-22(3,19-13-9-6-10-14-19)16-15-21(17-20-2)18-11-7-5-8-12-18/h4-14,21H,1,15-17H2,2-3H3. The Labute approximate surface area is 137 Å². The lowest BCUT2D eigenvalue weighted by Crippen LogP contribution is -2.45. The number of ether oxygens (including phenoxy) is 1. The van der Waals surface area contributed by atoms with E-state index in [4.69, 9.17) is 4.74 Å². The summed E-state index contributed by atoms with van der Waals surface area (Å²) >= 11 is 0. The van der Waals surface area contributed by atoms with E-state index in [2.05, 4.69) is 79.5 Å². The van der Waals surface area contributed by atoms with Gasteiger partial charge in [0.25, 0.3) is 0 Å². The van der Waals surface area contributed by atoms with Gasteiger partial charge in [0, 0.05) is 13.3 Å². The lowest BCUT2D eigenvalue weighted by Gasteiger charge is -2.26. The van der Waals surface area contributed by atoms with Gasteiger partial charge in [0.1, 0.15) is 8.07 Å². The van der Waals surface area contributed by atoms with Crippen molar-refractivity contribution in [2.24, 2.45) is 0 Å². The SMILES string of the molecule is C=C[Si](C)(CC[SiH](COC)c1ccccc1)c1ccccc1. The molecule has 22 heavy (non-hydrogen) atoms. The van der Waals surface area contributed by atoms with Crippen LogP contribution in [-0.4, -0.2) is 30.2 Å². The molecule has 0 aromatic heterocycles. The fourth-order valence-corrected chi connectivity index (χ4v) is 10.3. The highest BCUT2D eigenvalue weighted by Gasteiger charge is 2.27. The van der Waals surface area contributed by atoms with Crippen LogP contribution < -0.4 is 10.4 Å². The van der Waals surface area contributed by atoms with Crippen molar-refractivity contribution in [2.45, 2.75) is 18.6 Å². The highest BCUT2D eigenvalue weighted by atomic mass is 28.3. The second kappa shape index (κ2) is 8.27. The second-order valence-corrected chi connectivity index (χ2v) is 13.4. The van der Waals surface area contributed by atoms with Crippen molar-refractivity contribution in [1.82, 2.24) is 0 Å². The highest BCUT2D eigenvalue weighted by Crippen LogP contribution is 2.16. The van der Waals surface area contributed by atoms with E-state index in [1.54, 1.807) is 0 Å². The van der Waals surface area contributed by atoms with Crippen LogP contribution >= 0.6 is 0 Å². The summed E-state index contributed by atoms with van der Waals surface area (Å²) in [6.07, 6.45) is 0.917. The van der Waals surface area contributed by atoms with E-state index in [0.717, 1.165) is 6.23 Å². The minimum absolute atomic E-state index is 0.917. The molecule has 0 aliphatic heterocycles. The van der Waals surface area contributed by atoms with Crippen LogP contribution in [0.5, 0.6) is 0 Å². The maximum Gasteiger partial charge on any atom is 0.106 e. The van der Waals surface area contributed by atoms with Gasteiger partial charge in [-0.1, -0.05) is 95.4 Å². The van der Waals surface area contributed by atoms with E-state index in [-0.39, 0.29) is 0 Å². The van der Waals surface area contributed by atoms with E-state index >= 15 is 0 Å². The molecule has 1 nitrogen and oxygen atoms in total. The third-order valence-electron chi connectivity index (χ3n) is 4.53. The molecule has 0 saturated heterocycles. The van der Waals surface area contributed by atoms with E-state index in [0.29, 0.717) is 0 Å². The lowest BCUT2D eigenvalue weighted by molar-refractivity contribution is 0.249. The Morgan fingerprint density at radius 3 is 2.18 bits per heavy atom. The van der Waals surface area contributed by atoms with Crippen molar-refractivity contribution < 1.29 is 4.74 Å². The predicted molar refractivity (Wildman–Crippen MR) is 103 cm³/mol. The maximum absolute atomic E-state index is 5.51. The summed E-state index contributed by atoms with van der Waals surface area (Å²) in [5.74, 6) is 0. The van der Waals surface area contributed by atoms with Gasteiger partial charge in [-0.2, -0.15) is 0 Å². The fraction of sp³-hybridized carbons (Fsp3) is 0.263. The van der Waals surface area contributed by atoms with Crippen molar-refractivity contribution in [3.8, 4) is 0 Å². The number of hydrogen-bond acceptors (Lipinski definition) is 1. The van der Waals surface area contributed by atoms with Crippen LogP contribution in [0.15, 0.2) is 72.9 Å². The van der Waals surface area contributed by atoms with Crippen LogP contribution in [0, 0.1) is 0 Å². The molecule has 116 valence electrons. The normalized spacial score (nSPS) is 15.0. The van der Waals surface area contributed by atoms with Crippen LogP contribution in [0.25, 0.3) is 0 Å². The summed E-state index contributed by atoms with van der Waals surface area (Å²) in [6.45, 7) is 6.58. The van der Waals surface area contributed by atoms with Gasteiger partial charge in [0.05, 0.1) is 8.80 Å². The zero-order valence-corrected chi connectivity index (χ0v) is 15.8. The molecule has 2 rings (SSSR count). The van der Waals surface area contributed by atoms with Gasteiger partial charge in [-0.05, 0) is 0 Å². The Morgan fingerprint density at radius 1 is 1.05 bits per heavy atom. The molecule has 3 heteroatoms. The van der Waals surface area contributed by atoms with Crippen molar-refractivity contribution >= 4 is 27.2 Å². The summed E-state index contributed by atoms with van der Waals surface area (Å²) in [5.41, 5.74) is 2.24. The lowest BCUT2D eigenvalue weighted by atomic mass is 10.4. The van der Waals surface area contributed by atoms with Gasteiger partial charge in [0.15, 0.2) is 0 Å². The van der Waals surface area contributed by atoms with Gasteiger partial charge in [-0.15, -0.1) is 6.58 Å². The summed E-state index contributed by atoms with van der Waals surface area (Å²) < 4.78 is 5.51. The Bertz CT molecular complexity index is 571. The molecule has 0 saturated carbocycles. The molecule has 2 unspecified atom stereocenters. The van der Waals surface area contributed by atoms with Crippen LogP contribution in [-0.2, 0) is 4.74 Å². The van der Waals surface area contributed by atoms with Crippen LogP contribution in [0.4, 0.5) is 0 Å². The topological polar surface area (TPSA) is 9.23 Å². The monoisotopic (exact) mass is 326 g/mol. The molecular weight excluding hydrogens is 300 g/mol. The second-order valence-electron chi connectivity index (χ2n) is 6.09. The molecule has 0 amide bonds. The first-order chi connectivity index (χ1) is 10.7. The molecule has 0 N–H and O–H groups in total. The molecule has 2 aromatic rings. The summed E-state index contributed by atoms with van der Waals surface area (Å²) in [4.78, 5) is 0. The van der Waals surface area contributed by atoms with E-state index in [1.807, 2.05) is 7.11 Å².